The molecule has 5 nitrogen and oxygen atoms in total. The molecule has 0 aliphatic heterocycles. The van der Waals surface area contributed by atoms with Crippen molar-refractivity contribution in [1.29, 1.82) is 0 Å². The fraction of sp³-hybridized carbons (Fsp3) is 0.643. The number of rotatable bonds is 3. The highest BCUT2D eigenvalue weighted by molar-refractivity contribution is 5.88. The molecule has 0 amide bonds. The van der Waals surface area contributed by atoms with E-state index in [2.05, 4.69) is 29.1 Å². The van der Waals surface area contributed by atoms with Crippen LogP contribution in [-0.4, -0.2) is 27.1 Å². The molecule has 1 aliphatic carbocycles. The Morgan fingerprint density at radius 3 is 2.58 bits per heavy atom. The molecular weight excluding hydrogens is 242 g/mol. The molecule has 1 saturated carbocycles. The van der Waals surface area contributed by atoms with Gasteiger partial charge in [0.05, 0.1) is 11.3 Å². The van der Waals surface area contributed by atoms with Crippen LogP contribution in [0.4, 0.5) is 5.95 Å². The maximum Gasteiger partial charge on any atom is 0.339 e. The van der Waals surface area contributed by atoms with Crippen LogP contribution in [-0.2, 0) is 0 Å². The molecule has 0 aromatic carbocycles. The second kappa shape index (κ2) is 5.15. The summed E-state index contributed by atoms with van der Waals surface area (Å²) in [6.07, 6.45) is 5.97. The lowest BCUT2D eigenvalue weighted by Gasteiger charge is -2.34. The van der Waals surface area contributed by atoms with Gasteiger partial charge in [-0.3, -0.25) is 0 Å². The van der Waals surface area contributed by atoms with Gasteiger partial charge in [0.2, 0.25) is 5.95 Å². The summed E-state index contributed by atoms with van der Waals surface area (Å²) in [5.41, 5.74) is 1.10. The molecule has 0 saturated heterocycles. The second-order valence-electron chi connectivity index (χ2n) is 6.08. The normalized spacial score (nSPS) is 19.1. The Labute approximate surface area is 113 Å². The first-order valence-electron chi connectivity index (χ1n) is 6.71. The molecule has 1 aromatic rings. The smallest absolute Gasteiger partial charge is 0.339 e. The van der Waals surface area contributed by atoms with Crippen molar-refractivity contribution in [2.45, 2.75) is 52.5 Å². The van der Waals surface area contributed by atoms with E-state index in [1.165, 1.54) is 19.0 Å². The van der Waals surface area contributed by atoms with Crippen LogP contribution < -0.4 is 5.32 Å². The van der Waals surface area contributed by atoms with Crippen LogP contribution in [0, 0.1) is 12.3 Å². The van der Waals surface area contributed by atoms with Crippen LogP contribution in [0.1, 0.15) is 55.6 Å². The van der Waals surface area contributed by atoms with Gasteiger partial charge in [0.1, 0.15) is 0 Å². The number of carboxylic acid groups (broad SMARTS) is 1. The highest BCUT2D eigenvalue weighted by atomic mass is 16.4. The predicted octanol–water partition coefficient (Wildman–Crippen LogP) is 2.86. The molecule has 2 N–H and O–H groups in total. The number of nitrogens with one attached hydrogen (secondary N) is 1. The van der Waals surface area contributed by atoms with Gasteiger partial charge < -0.3 is 10.4 Å². The second-order valence-corrected chi connectivity index (χ2v) is 6.08. The van der Waals surface area contributed by atoms with Gasteiger partial charge in [-0.1, -0.05) is 13.8 Å². The summed E-state index contributed by atoms with van der Waals surface area (Å²) in [6, 6.07) is 0.392. The van der Waals surface area contributed by atoms with E-state index >= 15 is 0 Å². The van der Waals surface area contributed by atoms with Gasteiger partial charge in [0.15, 0.2) is 0 Å². The first-order chi connectivity index (χ1) is 8.87. The topological polar surface area (TPSA) is 75.1 Å². The van der Waals surface area contributed by atoms with Crippen LogP contribution in [0.3, 0.4) is 0 Å². The highest BCUT2D eigenvalue weighted by Gasteiger charge is 2.27. The van der Waals surface area contributed by atoms with E-state index in [4.69, 9.17) is 5.11 Å². The molecule has 1 aliphatic rings. The summed E-state index contributed by atoms with van der Waals surface area (Å²) < 4.78 is 0. The van der Waals surface area contributed by atoms with Crippen LogP contribution in [0.25, 0.3) is 0 Å². The number of aromatic nitrogens is 2. The average Bonchev–Trinajstić information content (AvgIpc) is 2.31. The lowest BCUT2D eigenvalue weighted by atomic mass is 9.76. The number of aryl methyl sites for hydroxylation is 1. The number of hydrogen-bond acceptors (Lipinski definition) is 4. The Balaban J connectivity index is 2.01. The molecule has 0 bridgehead atoms. The number of aromatic carboxylic acids is 1. The average molecular weight is 263 g/mol. The predicted molar refractivity (Wildman–Crippen MR) is 73.4 cm³/mol. The molecular formula is C14H21N3O2. The van der Waals surface area contributed by atoms with Gasteiger partial charge in [-0.05, 0) is 38.0 Å². The SMILES string of the molecule is Cc1nc(NC2CCC(C)(C)CC2)ncc1C(=O)O. The fourth-order valence-electron chi connectivity index (χ4n) is 2.47. The molecule has 0 unspecified atom stereocenters. The molecule has 0 radical (unpaired) electrons. The summed E-state index contributed by atoms with van der Waals surface area (Å²) in [7, 11) is 0. The maximum absolute atomic E-state index is 10.9. The summed E-state index contributed by atoms with van der Waals surface area (Å²) in [4.78, 5) is 19.2. The third kappa shape index (κ3) is 3.43. The number of anilines is 1. The molecule has 5 heteroatoms. The van der Waals surface area contributed by atoms with Gasteiger partial charge >= 0.3 is 5.97 Å². The van der Waals surface area contributed by atoms with Crippen molar-refractivity contribution in [3.8, 4) is 0 Å². The van der Waals surface area contributed by atoms with Gasteiger partial charge in [0.25, 0.3) is 0 Å². The van der Waals surface area contributed by atoms with E-state index in [0.29, 0.717) is 23.1 Å². The Morgan fingerprint density at radius 2 is 2.05 bits per heavy atom. The van der Waals surface area contributed by atoms with Crippen molar-refractivity contribution in [2.24, 2.45) is 5.41 Å². The minimum absolute atomic E-state index is 0.162. The first kappa shape index (κ1) is 13.8. The van der Waals surface area contributed by atoms with Crippen LogP contribution >= 0.6 is 0 Å². The van der Waals surface area contributed by atoms with E-state index in [-0.39, 0.29) is 5.56 Å². The zero-order valence-electron chi connectivity index (χ0n) is 11.7. The van der Waals surface area contributed by atoms with E-state index in [0.717, 1.165) is 12.8 Å². The summed E-state index contributed by atoms with van der Waals surface area (Å²) >= 11 is 0. The van der Waals surface area contributed by atoms with Gasteiger partial charge in [-0.2, -0.15) is 0 Å². The summed E-state index contributed by atoms with van der Waals surface area (Å²) in [5.74, 6) is -0.448. The van der Waals surface area contributed by atoms with Crippen molar-refractivity contribution in [3.05, 3.63) is 17.5 Å². The van der Waals surface area contributed by atoms with E-state index in [9.17, 15) is 4.79 Å². The molecule has 1 aromatic heterocycles. The lowest BCUT2D eigenvalue weighted by molar-refractivity contribution is 0.0695. The molecule has 2 rings (SSSR count). The molecule has 1 heterocycles. The first-order valence-corrected chi connectivity index (χ1v) is 6.71. The highest BCUT2D eigenvalue weighted by Crippen LogP contribution is 2.35. The zero-order valence-corrected chi connectivity index (χ0v) is 11.7. The monoisotopic (exact) mass is 263 g/mol. The quantitative estimate of drug-likeness (QED) is 0.877. The lowest BCUT2D eigenvalue weighted by Crippen LogP contribution is -2.30. The van der Waals surface area contributed by atoms with Crippen LogP contribution in [0.15, 0.2) is 6.20 Å². The Kier molecular flexibility index (Phi) is 3.73. The van der Waals surface area contributed by atoms with Crippen LogP contribution in [0.2, 0.25) is 0 Å². The van der Waals surface area contributed by atoms with Crippen LogP contribution in [0.5, 0.6) is 0 Å². The largest absolute Gasteiger partial charge is 0.478 e. The summed E-state index contributed by atoms with van der Waals surface area (Å²) in [6.45, 7) is 6.29. The third-order valence-corrected chi connectivity index (χ3v) is 3.88. The van der Waals surface area contributed by atoms with E-state index in [1.54, 1.807) is 6.92 Å². The number of hydrogen-bond donors (Lipinski definition) is 2. The molecule has 1 fully saturated rings. The number of carboxylic acids is 1. The molecule has 0 spiro atoms. The van der Waals surface area contributed by atoms with E-state index in [1.807, 2.05) is 0 Å². The van der Waals surface area contributed by atoms with E-state index < -0.39 is 5.97 Å². The summed E-state index contributed by atoms with van der Waals surface area (Å²) in [5, 5.41) is 12.2. The van der Waals surface area contributed by atoms with Gasteiger partial charge in [-0.25, -0.2) is 14.8 Å². The maximum atomic E-state index is 10.9. The number of nitrogens with zero attached hydrogens (tertiary/aromatic N) is 2. The number of carbonyl (C=O) groups is 1. The molecule has 19 heavy (non-hydrogen) atoms. The minimum Gasteiger partial charge on any atom is -0.478 e. The van der Waals surface area contributed by atoms with Gasteiger partial charge in [-0.15, -0.1) is 0 Å². The van der Waals surface area contributed by atoms with Crippen molar-refractivity contribution in [3.63, 3.8) is 0 Å². The van der Waals surface area contributed by atoms with Crippen molar-refractivity contribution in [2.75, 3.05) is 5.32 Å². The van der Waals surface area contributed by atoms with Crippen molar-refractivity contribution in [1.82, 2.24) is 9.97 Å². The molecule has 104 valence electrons. The fourth-order valence-corrected chi connectivity index (χ4v) is 2.47. The van der Waals surface area contributed by atoms with Crippen molar-refractivity contribution >= 4 is 11.9 Å². The molecule has 0 atom stereocenters. The Bertz CT molecular complexity index is 476. The minimum atomic E-state index is -0.983. The Morgan fingerprint density at radius 1 is 1.42 bits per heavy atom. The van der Waals surface area contributed by atoms with Crippen molar-refractivity contribution < 1.29 is 9.90 Å². The standard InChI is InChI=1S/C14H21N3O2/c1-9-11(12(18)19)8-15-13(16-9)17-10-4-6-14(2,3)7-5-10/h8,10H,4-7H2,1-3H3,(H,18,19)(H,15,16,17). The van der Waals surface area contributed by atoms with Gasteiger partial charge in [0, 0.05) is 12.2 Å². The zero-order chi connectivity index (χ0) is 14.0. The third-order valence-electron chi connectivity index (χ3n) is 3.88. The Hall–Kier alpha value is -1.65.